The molecule has 1 aliphatic rings. The molecule has 1 aliphatic carbocycles. The van der Waals surface area contributed by atoms with Gasteiger partial charge in [0.15, 0.2) is 0 Å². The Morgan fingerprint density at radius 2 is 1.02 bits per heavy atom. The second kappa shape index (κ2) is 10.9. The van der Waals surface area contributed by atoms with Crippen molar-refractivity contribution in [3.05, 3.63) is 181 Å². The van der Waals surface area contributed by atoms with E-state index in [9.17, 15) is 0 Å². The number of aromatic nitrogens is 4. The first kappa shape index (κ1) is 28.1. The molecule has 238 valence electrons. The van der Waals surface area contributed by atoms with E-state index in [1.165, 1.54) is 60.4 Å². The van der Waals surface area contributed by atoms with E-state index >= 15 is 0 Å². The van der Waals surface area contributed by atoms with Crippen molar-refractivity contribution in [3.63, 3.8) is 0 Å². The van der Waals surface area contributed by atoms with Gasteiger partial charge in [-0.25, -0.2) is 9.97 Å². The van der Waals surface area contributed by atoms with Crippen LogP contribution in [0.15, 0.2) is 170 Å². The number of rotatable bonds is 4. The van der Waals surface area contributed by atoms with Gasteiger partial charge in [0.25, 0.3) is 0 Å². The summed E-state index contributed by atoms with van der Waals surface area (Å²) in [6.45, 7) is 0. The molecule has 0 saturated carbocycles. The lowest BCUT2D eigenvalue weighted by Gasteiger charge is -2.10. The highest BCUT2D eigenvalue weighted by molar-refractivity contribution is 6.12. The third-order valence-electron chi connectivity index (χ3n) is 10.6. The summed E-state index contributed by atoms with van der Waals surface area (Å²) in [7, 11) is 0. The monoisotopic (exact) mass is 650 g/mol. The van der Waals surface area contributed by atoms with Gasteiger partial charge in [0.1, 0.15) is 0 Å². The number of hydrogen-bond donors (Lipinski definition) is 0. The van der Waals surface area contributed by atoms with Gasteiger partial charge in [-0.15, -0.1) is 0 Å². The number of benzene rings is 7. The van der Waals surface area contributed by atoms with Gasteiger partial charge in [0, 0.05) is 45.4 Å². The summed E-state index contributed by atoms with van der Waals surface area (Å²) in [5.74, 6) is 0.710. The topological polar surface area (TPSA) is 35.6 Å². The van der Waals surface area contributed by atoms with Crippen LogP contribution < -0.4 is 0 Å². The molecule has 0 fully saturated rings. The highest BCUT2D eigenvalue weighted by Gasteiger charge is 2.22. The van der Waals surface area contributed by atoms with Crippen molar-refractivity contribution in [1.29, 1.82) is 0 Å². The Labute approximate surface area is 294 Å². The van der Waals surface area contributed by atoms with E-state index in [4.69, 9.17) is 9.97 Å². The Hall–Kier alpha value is -6.78. The minimum Gasteiger partial charge on any atom is -0.309 e. The maximum Gasteiger partial charge on any atom is 0.234 e. The van der Waals surface area contributed by atoms with Gasteiger partial charge < -0.3 is 4.57 Å². The van der Waals surface area contributed by atoms with E-state index in [-0.39, 0.29) is 0 Å². The molecule has 0 aliphatic heterocycles. The quantitative estimate of drug-likeness (QED) is 0.190. The normalized spacial score (nSPS) is 12.2. The lowest BCUT2D eigenvalue weighted by Crippen LogP contribution is -2.03. The molecule has 0 bridgehead atoms. The van der Waals surface area contributed by atoms with Gasteiger partial charge in [-0.3, -0.25) is 4.57 Å². The van der Waals surface area contributed by atoms with E-state index in [1.807, 2.05) is 6.20 Å². The summed E-state index contributed by atoms with van der Waals surface area (Å²) in [5.41, 5.74) is 15.3. The van der Waals surface area contributed by atoms with Crippen LogP contribution in [0.4, 0.5) is 0 Å². The molecule has 0 amide bonds. The van der Waals surface area contributed by atoms with E-state index in [2.05, 4.69) is 173 Å². The van der Waals surface area contributed by atoms with Gasteiger partial charge in [-0.05, 0) is 75.8 Å². The number of para-hydroxylation sites is 2. The van der Waals surface area contributed by atoms with Crippen LogP contribution in [-0.4, -0.2) is 19.1 Å². The van der Waals surface area contributed by atoms with Crippen LogP contribution in [0.2, 0.25) is 0 Å². The SMILES string of the molecule is c1ccc(-c2ccc(-n3c4ccccc4c4cc(-c5ccc6c7ccccc7n(-c7ncc8c(n7)Cc7ccccc7-8)c6c5)ccc43)cc2)cc1. The molecule has 0 spiro atoms. The Morgan fingerprint density at radius 3 is 1.86 bits per heavy atom. The fraction of sp³-hybridized carbons (Fsp3) is 0.0213. The molecule has 3 heterocycles. The molecule has 3 aromatic heterocycles. The van der Waals surface area contributed by atoms with Crippen molar-refractivity contribution in [2.24, 2.45) is 0 Å². The Morgan fingerprint density at radius 1 is 0.412 bits per heavy atom. The van der Waals surface area contributed by atoms with Crippen molar-refractivity contribution in [3.8, 4) is 45.0 Å². The molecule has 0 radical (unpaired) electrons. The van der Waals surface area contributed by atoms with Gasteiger partial charge in [-0.2, -0.15) is 0 Å². The largest absolute Gasteiger partial charge is 0.309 e. The summed E-state index contributed by atoms with van der Waals surface area (Å²) >= 11 is 0. The van der Waals surface area contributed by atoms with Crippen LogP contribution in [0.1, 0.15) is 11.3 Å². The zero-order chi connectivity index (χ0) is 33.5. The van der Waals surface area contributed by atoms with Crippen molar-refractivity contribution in [1.82, 2.24) is 19.1 Å². The number of fused-ring (bicyclic) bond motifs is 9. The molecule has 0 saturated heterocycles. The molecule has 0 atom stereocenters. The van der Waals surface area contributed by atoms with E-state index < -0.39 is 0 Å². The summed E-state index contributed by atoms with van der Waals surface area (Å²) in [5, 5.41) is 4.86. The van der Waals surface area contributed by atoms with Crippen molar-refractivity contribution >= 4 is 43.6 Å². The van der Waals surface area contributed by atoms with E-state index in [0.717, 1.165) is 40.0 Å². The standard InChI is InChI=1S/C47H30N4/c1-2-10-30(11-3-1)31-18-22-35(23-19-31)50-43-16-8-7-15-38(43)40-26-32(21-25-45(40)50)33-20-24-39-37-14-6-9-17-44(37)51(46(39)28-33)47-48-29-41-36-13-5-4-12-34(36)27-42(41)49-47/h1-26,28-29H,27H2. The third-order valence-corrected chi connectivity index (χ3v) is 10.6. The summed E-state index contributed by atoms with van der Waals surface area (Å²) in [6, 6.07) is 59.0. The van der Waals surface area contributed by atoms with Crippen LogP contribution >= 0.6 is 0 Å². The van der Waals surface area contributed by atoms with E-state index in [0.29, 0.717) is 5.95 Å². The maximum atomic E-state index is 5.19. The van der Waals surface area contributed by atoms with Crippen LogP contribution in [0.5, 0.6) is 0 Å². The fourth-order valence-corrected chi connectivity index (χ4v) is 8.22. The molecule has 11 rings (SSSR count). The van der Waals surface area contributed by atoms with Gasteiger partial charge in [0.2, 0.25) is 5.95 Å². The Balaban J connectivity index is 1.06. The number of nitrogens with zero attached hydrogens (tertiary/aromatic N) is 4. The second-order valence-corrected chi connectivity index (χ2v) is 13.4. The highest BCUT2D eigenvalue weighted by atomic mass is 15.2. The highest BCUT2D eigenvalue weighted by Crippen LogP contribution is 2.39. The Bertz CT molecular complexity index is 2980. The van der Waals surface area contributed by atoms with Gasteiger partial charge in [0.05, 0.1) is 27.8 Å². The summed E-state index contributed by atoms with van der Waals surface area (Å²) in [4.78, 5) is 10.2. The van der Waals surface area contributed by atoms with Crippen molar-refractivity contribution < 1.29 is 0 Å². The van der Waals surface area contributed by atoms with Crippen LogP contribution in [-0.2, 0) is 6.42 Å². The molecule has 10 aromatic rings. The molecule has 4 nitrogen and oxygen atoms in total. The third kappa shape index (κ3) is 4.26. The predicted octanol–water partition coefficient (Wildman–Crippen LogP) is 11.6. The molecular weight excluding hydrogens is 621 g/mol. The average molecular weight is 651 g/mol. The van der Waals surface area contributed by atoms with Crippen molar-refractivity contribution in [2.75, 3.05) is 0 Å². The molecule has 0 N–H and O–H groups in total. The zero-order valence-electron chi connectivity index (χ0n) is 27.7. The van der Waals surface area contributed by atoms with Crippen LogP contribution in [0.25, 0.3) is 88.6 Å². The Kier molecular flexibility index (Phi) is 5.98. The van der Waals surface area contributed by atoms with Crippen LogP contribution in [0, 0.1) is 0 Å². The zero-order valence-corrected chi connectivity index (χ0v) is 27.7. The predicted molar refractivity (Wildman–Crippen MR) is 210 cm³/mol. The average Bonchev–Trinajstić information content (AvgIpc) is 3.85. The lowest BCUT2D eigenvalue weighted by atomic mass is 10.0. The first-order valence-corrected chi connectivity index (χ1v) is 17.5. The first-order chi connectivity index (χ1) is 25.3. The first-order valence-electron chi connectivity index (χ1n) is 17.5. The molecule has 7 aromatic carbocycles. The molecular formula is C47H30N4. The number of hydrogen-bond acceptors (Lipinski definition) is 2. The summed E-state index contributed by atoms with van der Waals surface area (Å²) in [6.07, 6.45) is 2.83. The van der Waals surface area contributed by atoms with Gasteiger partial charge in [-0.1, -0.05) is 121 Å². The van der Waals surface area contributed by atoms with Crippen LogP contribution in [0.3, 0.4) is 0 Å². The van der Waals surface area contributed by atoms with Gasteiger partial charge >= 0.3 is 0 Å². The molecule has 4 heteroatoms. The summed E-state index contributed by atoms with van der Waals surface area (Å²) < 4.78 is 4.62. The molecule has 51 heavy (non-hydrogen) atoms. The minimum absolute atomic E-state index is 0.710. The maximum absolute atomic E-state index is 5.19. The fourth-order valence-electron chi connectivity index (χ4n) is 8.22. The second-order valence-electron chi connectivity index (χ2n) is 13.4. The van der Waals surface area contributed by atoms with E-state index in [1.54, 1.807) is 0 Å². The molecule has 0 unspecified atom stereocenters. The lowest BCUT2D eigenvalue weighted by molar-refractivity contribution is 0.955. The minimum atomic E-state index is 0.710. The smallest absolute Gasteiger partial charge is 0.234 e. The van der Waals surface area contributed by atoms with Crippen molar-refractivity contribution in [2.45, 2.75) is 6.42 Å².